The molecule has 0 aromatic heterocycles. The molecule has 0 unspecified atom stereocenters. The summed E-state index contributed by atoms with van der Waals surface area (Å²) in [5, 5.41) is 2.94. The molecule has 0 heterocycles. The third kappa shape index (κ3) is 3.67. The second-order valence-electron chi connectivity index (χ2n) is 6.65. The van der Waals surface area contributed by atoms with Crippen molar-refractivity contribution in [3.63, 3.8) is 0 Å². The highest BCUT2D eigenvalue weighted by Crippen LogP contribution is 2.37. The van der Waals surface area contributed by atoms with Crippen molar-refractivity contribution < 1.29 is 9.59 Å². The molecule has 2 amide bonds. The molecular weight excluding hydrogens is 276 g/mol. The van der Waals surface area contributed by atoms with Gasteiger partial charge in [-0.05, 0) is 57.2 Å². The standard InChI is InChI=1S/C18H26N2O2/c1-11(2)20(5)18(22)16-10-15(9-6-12(16)3)19-17(21)13(4)14-7-8-14/h6,9-11,13-14H,7-8H2,1-5H3,(H,19,21)/t13-/m1/s1. The van der Waals surface area contributed by atoms with Crippen molar-refractivity contribution in [3.05, 3.63) is 29.3 Å². The normalized spacial score (nSPS) is 15.5. The minimum Gasteiger partial charge on any atom is -0.339 e. The zero-order valence-electron chi connectivity index (χ0n) is 14.1. The Morgan fingerprint density at radius 1 is 1.23 bits per heavy atom. The fourth-order valence-electron chi connectivity index (χ4n) is 2.42. The molecule has 1 aliphatic rings. The van der Waals surface area contributed by atoms with Gasteiger partial charge in [0, 0.05) is 30.3 Å². The minimum absolute atomic E-state index is 0.0150. The molecule has 1 N–H and O–H groups in total. The Morgan fingerprint density at radius 2 is 1.86 bits per heavy atom. The Bertz CT molecular complexity index is 576. The maximum Gasteiger partial charge on any atom is 0.254 e. The van der Waals surface area contributed by atoms with Crippen molar-refractivity contribution >= 4 is 17.5 Å². The molecule has 0 spiro atoms. The molecular formula is C18H26N2O2. The average Bonchev–Trinajstić information content (AvgIpc) is 3.31. The number of amides is 2. The smallest absolute Gasteiger partial charge is 0.254 e. The van der Waals surface area contributed by atoms with Crippen LogP contribution < -0.4 is 5.32 Å². The minimum atomic E-state index is -0.0150. The number of hydrogen-bond donors (Lipinski definition) is 1. The molecule has 1 fully saturated rings. The summed E-state index contributed by atoms with van der Waals surface area (Å²) >= 11 is 0. The second-order valence-corrected chi connectivity index (χ2v) is 6.65. The summed E-state index contributed by atoms with van der Waals surface area (Å²) in [5.41, 5.74) is 2.27. The number of nitrogens with one attached hydrogen (secondary N) is 1. The van der Waals surface area contributed by atoms with Crippen LogP contribution in [0, 0.1) is 18.8 Å². The van der Waals surface area contributed by atoms with E-state index in [1.807, 2.05) is 39.8 Å². The Kier molecular flexibility index (Phi) is 4.89. The Labute approximate surface area is 132 Å². The zero-order chi connectivity index (χ0) is 16.4. The van der Waals surface area contributed by atoms with Gasteiger partial charge >= 0.3 is 0 Å². The number of nitrogens with zero attached hydrogens (tertiary/aromatic N) is 1. The first-order valence-electron chi connectivity index (χ1n) is 8.00. The Balaban J connectivity index is 2.15. The summed E-state index contributed by atoms with van der Waals surface area (Å²) < 4.78 is 0. The van der Waals surface area contributed by atoms with Crippen LogP contribution in [-0.4, -0.2) is 29.8 Å². The first-order chi connectivity index (χ1) is 10.3. The van der Waals surface area contributed by atoms with Crippen molar-refractivity contribution in [2.45, 2.75) is 46.6 Å². The fraction of sp³-hybridized carbons (Fsp3) is 0.556. The number of aryl methyl sites for hydroxylation is 1. The molecule has 0 bridgehead atoms. The molecule has 4 nitrogen and oxygen atoms in total. The van der Waals surface area contributed by atoms with E-state index in [0.717, 1.165) is 18.4 Å². The van der Waals surface area contributed by atoms with E-state index in [4.69, 9.17) is 0 Å². The maximum absolute atomic E-state index is 12.5. The van der Waals surface area contributed by atoms with Crippen LogP contribution in [0.1, 0.15) is 49.5 Å². The highest BCUT2D eigenvalue weighted by atomic mass is 16.2. The van der Waals surface area contributed by atoms with Gasteiger partial charge in [0.25, 0.3) is 5.91 Å². The lowest BCUT2D eigenvalue weighted by Crippen LogP contribution is -2.33. The van der Waals surface area contributed by atoms with Crippen LogP contribution in [-0.2, 0) is 4.79 Å². The molecule has 0 radical (unpaired) electrons. The first kappa shape index (κ1) is 16.5. The summed E-state index contributed by atoms with van der Waals surface area (Å²) in [7, 11) is 1.80. The van der Waals surface area contributed by atoms with Gasteiger partial charge in [0.2, 0.25) is 5.91 Å². The molecule has 4 heteroatoms. The summed E-state index contributed by atoms with van der Waals surface area (Å²) in [5.74, 6) is 0.596. The van der Waals surface area contributed by atoms with Gasteiger partial charge < -0.3 is 10.2 Å². The second kappa shape index (κ2) is 6.51. The van der Waals surface area contributed by atoms with E-state index in [9.17, 15) is 9.59 Å². The van der Waals surface area contributed by atoms with E-state index in [0.29, 0.717) is 17.2 Å². The predicted molar refractivity (Wildman–Crippen MR) is 88.9 cm³/mol. The van der Waals surface area contributed by atoms with Crippen molar-refractivity contribution in [3.8, 4) is 0 Å². The Morgan fingerprint density at radius 3 is 2.41 bits per heavy atom. The molecule has 22 heavy (non-hydrogen) atoms. The largest absolute Gasteiger partial charge is 0.339 e. The van der Waals surface area contributed by atoms with Gasteiger partial charge in [0.1, 0.15) is 0 Å². The molecule has 0 aliphatic heterocycles. The van der Waals surface area contributed by atoms with E-state index in [1.165, 1.54) is 0 Å². The van der Waals surface area contributed by atoms with Crippen molar-refractivity contribution in [2.75, 3.05) is 12.4 Å². The zero-order valence-corrected chi connectivity index (χ0v) is 14.1. The van der Waals surface area contributed by atoms with Gasteiger partial charge in [-0.2, -0.15) is 0 Å². The topological polar surface area (TPSA) is 49.4 Å². The first-order valence-corrected chi connectivity index (χ1v) is 8.00. The number of rotatable bonds is 5. The van der Waals surface area contributed by atoms with Crippen LogP contribution in [0.15, 0.2) is 18.2 Å². The third-order valence-electron chi connectivity index (χ3n) is 4.57. The van der Waals surface area contributed by atoms with Crippen LogP contribution in [0.25, 0.3) is 0 Å². The van der Waals surface area contributed by atoms with Crippen molar-refractivity contribution in [2.24, 2.45) is 11.8 Å². The van der Waals surface area contributed by atoms with Crippen LogP contribution in [0.2, 0.25) is 0 Å². The average molecular weight is 302 g/mol. The van der Waals surface area contributed by atoms with Gasteiger partial charge in [0.05, 0.1) is 0 Å². The molecule has 1 saturated carbocycles. The highest BCUT2D eigenvalue weighted by molar-refractivity contribution is 5.98. The van der Waals surface area contributed by atoms with Gasteiger partial charge in [-0.25, -0.2) is 0 Å². The quantitative estimate of drug-likeness (QED) is 0.905. The number of hydrogen-bond acceptors (Lipinski definition) is 2. The van der Waals surface area contributed by atoms with Gasteiger partial charge in [0.15, 0.2) is 0 Å². The van der Waals surface area contributed by atoms with E-state index in [1.54, 1.807) is 18.0 Å². The van der Waals surface area contributed by atoms with E-state index in [-0.39, 0.29) is 23.8 Å². The van der Waals surface area contributed by atoms with Crippen LogP contribution in [0.3, 0.4) is 0 Å². The predicted octanol–water partition coefficient (Wildman–Crippen LogP) is 3.46. The summed E-state index contributed by atoms with van der Waals surface area (Å²) in [6.45, 7) is 7.85. The third-order valence-corrected chi connectivity index (χ3v) is 4.57. The summed E-state index contributed by atoms with van der Waals surface area (Å²) in [4.78, 5) is 26.4. The molecule has 2 rings (SSSR count). The van der Waals surface area contributed by atoms with Crippen LogP contribution in [0.5, 0.6) is 0 Å². The van der Waals surface area contributed by atoms with Crippen molar-refractivity contribution in [1.82, 2.24) is 4.90 Å². The van der Waals surface area contributed by atoms with Gasteiger partial charge in [-0.3, -0.25) is 9.59 Å². The van der Waals surface area contributed by atoms with Crippen LogP contribution in [0.4, 0.5) is 5.69 Å². The maximum atomic E-state index is 12.5. The Hall–Kier alpha value is -1.84. The fourth-order valence-corrected chi connectivity index (χ4v) is 2.42. The number of anilines is 1. The van der Waals surface area contributed by atoms with Gasteiger partial charge in [-0.1, -0.05) is 13.0 Å². The molecule has 0 saturated heterocycles. The molecule has 1 atom stereocenters. The molecule has 1 aliphatic carbocycles. The monoisotopic (exact) mass is 302 g/mol. The van der Waals surface area contributed by atoms with E-state index >= 15 is 0 Å². The lowest BCUT2D eigenvalue weighted by atomic mass is 10.0. The lowest BCUT2D eigenvalue weighted by Gasteiger charge is -2.23. The highest BCUT2D eigenvalue weighted by Gasteiger charge is 2.32. The lowest BCUT2D eigenvalue weighted by molar-refractivity contribution is -0.119. The van der Waals surface area contributed by atoms with E-state index < -0.39 is 0 Å². The number of carbonyl (C=O) groups excluding carboxylic acids is 2. The summed E-state index contributed by atoms with van der Waals surface area (Å²) in [6.07, 6.45) is 2.29. The number of carbonyl (C=O) groups is 2. The summed E-state index contributed by atoms with van der Waals surface area (Å²) in [6, 6.07) is 5.67. The van der Waals surface area contributed by atoms with E-state index in [2.05, 4.69) is 5.32 Å². The molecule has 1 aromatic rings. The molecule has 120 valence electrons. The number of benzene rings is 1. The van der Waals surface area contributed by atoms with Crippen molar-refractivity contribution in [1.29, 1.82) is 0 Å². The van der Waals surface area contributed by atoms with Crippen LogP contribution >= 0.6 is 0 Å². The molecule has 1 aromatic carbocycles. The van der Waals surface area contributed by atoms with Gasteiger partial charge in [-0.15, -0.1) is 0 Å². The SMILES string of the molecule is Cc1ccc(NC(=O)[C@H](C)C2CC2)cc1C(=O)N(C)C(C)C.